The van der Waals surface area contributed by atoms with E-state index in [1.54, 1.807) is 49.7 Å². The van der Waals surface area contributed by atoms with Crippen LogP contribution >= 0.6 is 23.1 Å². The zero-order valence-corrected chi connectivity index (χ0v) is 19.4. The lowest BCUT2D eigenvalue weighted by atomic mass is 10.1. The van der Waals surface area contributed by atoms with E-state index in [1.165, 1.54) is 28.0 Å². The van der Waals surface area contributed by atoms with Crippen molar-refractivity contribution in [3.8, 4) is 0 Å². The molecule has 0 atom stereocenters. The number of para-hydroxylation sites is 2. The number of nitrogens with zero attached hydrogens (tertiary/aromatic N) is 3. The molecule has 0 fully saturated rings. The number of amides is 2. The highest BCUT2D eigenvalue weighted by Gasteiger charge is 2.19. The van der Waals surface area contributed by atoms with Crippen molar-refractivity contribution in [1.29, 1.82) is 0 Å². The van der Waals surface area contributed by atoms with E-state index in [4.69, 9.17) is 4.42 Å². The van der Waals surface area contributed by atoms with E-state index in [0.717, 1.165) is 5.69 Å². The molecule has 0 aliphatic rings. The van der Waals surface area contributed by atoms with Gasteiger partial charge in [-0.05, 0) is 36.4 Å². The summed E-state index contributed by atoms with van der Waals surface area (Å²) in [6, 6.07) is 20.2. The van der Waals surface area contributed by atoms with Crippen LogP contribution in [0.5, 0.6) is 0 Å². The summed E-state index contributed by atoms with van der Waals surface area (Å²) in [6.07, 6.45) is 1.55. The van der Waals surface area contributed by atoms with E-state index >= 15 is 0 Å². The van der Waals surface area contributed by atoms with Gasteiger partial charge in [-0.15, -0.1) is 10.2 Å². The van der Waals surface area contributed by atoms with Crippen molar-refractivity contribution >= 4 is 51.4 Å². The molecule has 4 rings (SSSR count). The summed E-state index contributed by atoms with van der Waals surface area (Å²) in [5, 5.41) is 14.9. The van der Waals surface area contributed by atoms with E-state index in [1.807, 2.05) is 30.3 Å². The number of carbonyl (C=O) groups excluding carboxylic acids is 2. The minimum Gasteiger partial charge on any atom is -0.467 e. The number of aromatic nitrogens is 2. The van der Waals surface area contributed by atoms with E-state index in [2.05, 4.69) is 20.8 Å². The van der Waals surface area contributed by atoms with Gasteiger partial charge in [0, 0.05) is 12.7 Å². The Labute approximate surface area is 199 Å². The van der Waals surface area contributed by atoms with Gasteiger partial charge in [-0.3, -0.25) is 9.59 Å². The summed E-state index contributed by atoms with van der Waals surface area (Å²) >= 11 is 2.68. The first kappa shape index (κ1) is 22.6. The third-order valence-electron chi connectivity index (χ3n) is 4.64. The van der Waals surface area contributed by atoms with Crippen molar-refractivity contribution < 1.29 is 14.0 Å². The fourth-order valence-corrected chi connectivity index (χ4v) is 4.64. The molecule has 0 radical (unpaired) electrons. The van der Waals surface area contributed by atoms with Crippen LogP contribution in [0.3, 0.4) is 0 Å². The topological polar surface area (TPSA) is 100 Å². The van der Waals surface area contributed by atoms with Crippen molar-refractivity contribution in [3.63, 3.8) is 0 Å². The standard InChI is InChI=1S/C23H21N5O3S2/c1-28(19-12-6-5-11-18(19)21(30)24-14-17-10-7-13-31-17)20(29)15-32-23-27-26-22(33-23)25-16-8-3-2-4-9-16/h2-13H,14-15H2,1H3,(H,24,30)(H,25,26). The Morgan fingerprint density at radius 2 is 1.82 bits per heavy atom. The molecule has 0 saturated heterocycles. The molecular formula is C23H21N5O3S2. The third kappa shape index (κ3) is 5.99. The zero-order chi connectivity index (χ0) is 23.0. The first-order valence-corrected chi connectivity index (χ1v) is 11.8. The quantitative estimate of drug-likeness (QED) is 0.340. The van der Waals surface area contributed by atoms with Crippen molar-refractivity contribution in [2.24, 2.45) is 0 Å². The first-order chi connectivity index (χ1) is 16.1. The van der Waals surface area contributed by atoms with Crippen molar-refractivity contribution in [1.82, 2.24) is 15.5 Å². The molecule has 0 aliphatic heterocycles. The molecule has 2 amide bonds. The van der Waals surface area contributed by atoms with Crippen LogP contribution in [0.25, 0.3) is 0 Å². The van der Waals surface area contributed by atoms with Crippen LogP contribution in [0, 0.1) is 0 Å². The Morgan fingerprint density at radius 1 is 1.03 bits per heavy atom. The molecule has 0 saturated carbocycles. The molecule has 0 unspecified atom stereocenters. The lowest BCUT2D eigenvalue weighted by Gasteiger charge is -2.20. The molecule has 10 heteroatoms. The largest absolute Gasteiger partial charge is 0.467 e. The maximum absolute atomic E-state index is 12.8. The second kappa shape index (κ2) is 10.8. The number of hydrogen-bond acceptors (Lipinski definition) is 8. The molecule has 2 N–H and O–H groups in total. The first-order valence-electron chi connectivity index (χ1n) is 10.0. The van der Waals surface area contributed by atoms with Crippen LogP contribution < -0.4 is 15.5 Å². The summed E-state index contributed by atoms with van der Waals surface area (Å²) < 4.78 is 5.93. The van der Waals surface area contributed by atoms with Crippen LogP contribution in [0.4, 0.5) is 16.5 Å². The highest BCUT2D eigenvalue weighted by Crippen LogP contribution is 2.28. The molecule has 2 aromatic heterocycles. The van der Waals surface area contributed by atoms with Crippen molar-refractivity contribution in [3.05, 3.63) is 84.3 Å². The van der Waals surface area contributed by atoms with Crippen molar-refractivity contribution in [2.75, 3.05) is 23.0 Å². The van der Waals surface area contributed by atoms with Gasteiger partial charge in [0.1, 0.15) is 5.76 Å². The Morgan fingerprint density at radius 3 is 2.61 bits per heavy atom. The van der Waals surface area contributed by atoms with E-state index in [0.29, 0.717) is 26.5 Å². The number of thioether (sulfide) groups is 1. The van der Waals surface area contributed by atoms with Crippen LogP contribution in [-0.4, -0.2) is 34.8 Å². The minimum absolute atomic E-state index is 0.154. The molecule has 0 aliphatic carbocycles. The van der Waals surface area contributed by atoms with Gasteiger partial charge in [0.15, 0.2) is 4.34 Å². The fourth-order valence-electron chi connectivity index (χ4n) is 2.95. The maximum atomic E-state index is 12.8. The second-order valence-corrected chi connectivity index (χ2v) is 9.08. The lowest BCUT2D eigenvalue weighted by Crippen LogP contribution is -2.31. The molecule has 168 valence electrons. The number of carbonyl (C=O) groups is 2. The van der Waals surface area contributed by atoms with Gasteiger partial charge in [-0.25, -0.2) is 0 Å². The van der Waals surface area contributed by atoms with Gasteiger partial charge < -0.3 is 20.0 Å². The lowest BCUT2D eigenvalue weighted by molar-refractivity contribution is -0.115. The SMILES string of the molecule is CN(C(=O)CSc1nnc(Nc2ccccc2)s1)c1ccccc1C(=O)NCc1ccco1. The average Bonchev–Trinajstić information content (AvgIpc) is 3.53. The highest BCUT2D eigenvalue weighted by molar-refractivity contribution is 8.01. The third-order valence-corrected chi connectivity index (χ3v) is 6.59. The van der Waals surface area contributed by atoms with Crippen LogP contribution in [0.15, 0.2) is 81.8 Å². The maximum Gasteiger partial charge on any atom is 0.253 e. The Kier molecular flexibility index (Phi) is 7.38. The summed E-state index contributed by atoms with van der Waals surface area (Å²) in [5.74, 6) is 0.382. The number of benzene rings is 2. The van der Waals surface area contributed by atoms with E-state index < -0.39 is 0 Å². The van der Waals surface area contributed by atoms with E-state index in [9.17, 15) is 9.59 Å². The molecule has 4 aromatic rings. The number of rotatable bonds is 9. The Bertz CT molecular complexity index is 1210. The smallest absolute Gasteiger partial charge is 0.253 e. The highest BCUT2D eigenvalue weighted by atomic mass is 32.2. The Balaban J connectivity index is 1.35. The Hall–Kier alpha value is -3.63. The minimum atomic E-state index is -0.282. The number of hydrogen-bond donors (Lipinski definition) is 2. The summed E-state index contributed by atoms with van der Waals surface area (Å²) in [6.45, 7) is 0.268. The average molecular weight is 480 g/mol. The summed E-state index contributed by atoms with van der Waals surface area (Å²) in [4.78, 5) is 27.0. The monoisotopic (exact) mass is 479 g/mol. The normalized spacial score (nSPS) is 10.6. The summed E-state index contributed by atoms with van der Waals surface area (Å²) in [7, 11) is 1.66. The van der Waals surface area contributed by atoms with Gasteiger partial charge in [0.25, 0.3) is 5.91 Å². The number of anilines is 3. The van der Waals surface area contributed by atoms with Crippen LogP contribution in [-0.2, 0) is 11.3 Å². The second-order valence-electron chi connectivity index (χ2n) is 6.88. The zero-order valence-electron chi connectivity index (χ0n) is 17.7. The van der Waals surface area contributed by atoms with Gasteiger partial charge in [-0.1, -0.05) is 53.4 Å². The predicted octanol–water partition coefficient (Wildman–Crippen LogP) is 4.56. The molecule has 33 heavy (non-hydrogen) atoms. The number of furan rings is 1. The van der Waals surface area contributed by atoms with Crippen LogP contribution in [0.1, 0.15) is 16.1 Å². The number of nitrogens with one attached hydrogen (secondary N) is 2. The summed E-state index contributed by atoms with van der Waals surface area (Å²) in [5.41, 5.74) is 1.86. The van der Waals surface area contributed by atoms with Crippen LogP contribution in [0.2, 0.25) is 0 Å². The molecule has 8 nitrogen and oxygen atoms in total. The van der Waals surface area contributed by atoms with Gasteiger partial charge >= 0.3 is 0 Å². The van der Waals surface area contributed by atoms with Gasteiger partial charge in [0.2, 0.25) is 11.0 Å². The molecule has 2 heterocycles. The molecule has 0 bridgehead atoms. The van der Waals surface area contributed by atoms with Gasteiger partial charge in [0.05, 0.1) is 29.8 Å². The molecule has 2 aromatic carbocycles. The van der Waals surface area contributed by atoms with Gasteiger partial charge in [-0.2, -0.15) is 0 Å². The molecular weight excluding hydrogens is 458 g/mol. The van der Waals surface area contributed by atoms with E-state index in [-0.39, 0.29) is 24.1 Å². The fraction of sp³-hybridized carbons (Fsp3) is 0.130. The molecule has 0 spiro atoms. The predicted molar refractivity (Wildman–Crippen MR) is 130 cm³/mol. The van der Waals surface area contributed by atoms with Crippen molar-refractivity contribution in [2.45, 2.75) is 10.9 Å².